The van der Waals surface area contributed by atoms with E-state index in [4.69, 9.17) is 4.74 Å². The highest BCUT2D eigenvalue weighted by molar-refractivity contribution is 5.40. The van der Waals surface area contributed by atoms with E-state index in [1.165, 1.54) is 18.2 Å². The third kappa shape index (κ3) is 3.72. The van der Waals surface area contributed by atoms with Crippen LogP contribution in [0.1, 0.15) is 35.6 Å². The zero-order chi connectivity index (χ0) is 18.6. The van der Waals surface area contributed by atoms with Crippen molar-refractivity contribution in [2.45, 2.75) is 31.8 Å². The fourth-order valence-electron chi connectivity index (χ4n) is 3.69. The number of aromatic nitrogens is 2. The van der Waals surface area contributed by atoms with Gasteiger partial charge in [-0.1, -0.05) is 54.6 Å². The van der Waals surface area contributed by atoms with E-state index in [0.29, 0.717) is 12.5 Å². The van der Waals surface area contributed by atoms with Crippen LogP contribution in [0.5, 0.6) is 5.75 Å². The number of nitrogens with one attached hydrogen (secondary N) is 1. The predicted octanol–water partition coefficient (Wildman–Crippen LogP) is 3.79. The number of nitrogens with zero attached hydrogens (tertiary/aromatic N) is 2. The molecule has 5 nitrogen and oxygen atoms in total. The first-order chi connectivity index (χ1) is 13.2. The lowest BCUT2D eigenvalue weighted by molar-refractivity contribution is 0.402. The molecule has 0 spiro atoms. The van der Waals surface area contributed by atoms with Crippen molar-refractivity contribution in [3.63, 3.8) is 0 Å². The van der Waals surface area contributed by atoms with Crippen molar-refractivity contribution < 1.29 is 4.74 Å². The molecule has 1 aliphatic carbocycles. The number of hydrogen-bond donors (Lipinski definition) is 1. The van der Waals surface area contributed by atoms with Crippen LogP contribution in [0.2, 0.25) is 0 Å². The summed E-state index contributed by atoms with van der Waals surface area (Å²) < 4.78 is 7.15. The fourth-order valence-corrected chi connectivity index (χ4v) is 3.69. The molecule has 27 heavy (non-hydrogen) atoms. The minimum Gasteiger partial charge on any atom is -0.490 e. The number of rotatable bonds is 5. The molecule has 0 saturated carbocycles. The van der Waals surface area contributed by atoms with Crippen molar-refractivity contribution in [3.05, 3.63) is 87.8 Å². The topological polar surface area (TPSA) is 56.1 Å². The Bertz CT molecular complexity index is 982. The lowest BCUT2D eigenvalue weighted by Gasteiger charge is -2.28. The van der Waals surface area contributed by atoms with Crippen molar-refractivity contribution >= 4 is 5.95 Å². The Morgan fingerprint density at radius 2 is 1.93 bits per heavy atom. The number of fused-ring (bicyclic) bond motifs is 1. The second-order valence-electron chi connectivity index (χ2n) is 6.84. The van der Waals surface area contributed by atoms with Gasteiger partial charge in [-0.25, -0.2) is 0 Å². The van der Waals surface area contributed by atoms with Crippen molar-refractivity contribution in [2.24, 2.45) is 0 Å². The van der Waals surface area contributed by atoms with E-state index in [1.54, 1.807) is 6.20 Å². The molecule has 0 radical (unpaired) electrons. The van der Waals surface area contributed by atoms with Crippen LogP contribution in [0, 0.1) is 0 Å². The number of anilines is 1. The summed E-state index contributed by atoms with van der Waals surface area (Å²) in [5.74, 6) is 0.826. The molecule has 0 aliphatic heterocycles. The summed E-state index contributed by atoms with van der Waals surface area (Å²) in [7, 11) is 1.50. The molecule has 1 heterocycles. The van der Waals surface area contributed by atoms with E-state index < -0.39 is 0 Å². The lowest BCUT2D eigenvalue weighted by atomic mass is 9.88. The molecular formula is C22H23N3O2. The van der Waals surface area contributed by atoms with Gasteiger partial charge in [-0.05, 0) is 36.0 Å². The Hall–Kier alpha value is -3.08. The zero-order valence-electron chi connectivity index (χ0n) is 15.4. The van der Waals surface area contributed by atoms with Crippen molar-refractivity contribution in [3.8, 4) is 5.75 Å². The minimum absolute atomic E-state index is 0.150. The molecule has 5 heteroatoms. The second kappa shape index (κ2) is 7.66. The minimum atomic E-state index is -0.353. The van der Waals surface area contributed by atoms with Crippen molar-refractivity contribution in [1.29, 1.82) is 0 Å². The van der Waals surface area contributed by atoms with Crippen molar-refractivity contribution in [2.75, 3.05) is 12.4 Å². The molecule has 3 aromatic rings. The second-order valence-corrected chi connectivity index (χ2v) is 6.84. The molecular weight excluding hydrogens is 338 g/mol. The van der Waals surface area contributed by atoms with Crippen LogP contribution in [0.4, 0.5) is 5.95 Å². The van der Waals surface area contributed by atoms with E-state index in [9.17, 15) is 4.79 Å². The Balaban J connectivity index is 1.70. The van der Waals surface area contributed by atoms with Crippen LogP contribution >= 0.6 is 0 Å². The number of aryl methyl sites for hydroxylation is 1. The molecule has 0 amide bonds. The maximum absolute atomic E-state index is 12.3. The third-order valence-electron chi connectivity index (χ3n) is 5.05. The maximum Gasteiger partial charge on any atom is 0.316 e. The molecule has 0 saturated heterocycles. The van der Waals surface area contributed by atoms with Gasteiger partial charge in [0.05, 0.1) is 25.9 Å². The van der Waals surface area contributed by atoms with Gasteiger partial charge in [-0.2, -0.15) is 4.98 Å². The average Bonchev–Trinajstić information content (AvgIpc) is 2.71. The van der Waals surface area contributed by atoms with Gasteiger partial charge >= 0.3 is 5.56 Å². The smallest absolute Gasteiger partial charge is 0.316 e. The fraction of sp³-hybridized carbons (Fsp3) is 0.273. The highest BCUT2D eigenvalue weighted by Gasteiger charge is 2.21. The monoisotopic (exact) mass is 361 g/mol. The van der Waals surface area contributed by atoms with Crippen molar-refractivity contribution in [1.82, 2.24) is 9.55 Å². The lowest BCUT2D eigenvalue weighted by Crippen LogP contribution is -2.24. The third-order valence-corrected chi connectivity index (χ3v) is 5.05. The maximum atomic E-state index is 12.3. The Morgan fingerprint density at radius 3 is 2.74 bits per heavy atom. The first kappa shape index (κ1) is 17.3. The summed E-state index contributed by atoms with van der Waals surface area (Å²) in [6, 6.07) is 18.8. The number of ether oxygens (including phenoxy) is 1. The van der Waals surface area contributed by atoms with Crippen LogP contribution in [0.15, 0.2) is 65.6 Å². The molecule has 4 rings (SSSR count). The molecule has 1 aliphatic rings. The van der Waals surface area contributed by atoms with Crippen LogP contribution in [-0.4, -0.2) is 16.7 Å². The molecule has 0 fully saturated rings. The van der Waals surface area contributed by atoms with E-state index in [-0.39, 0.29) is 17.4 Å². The Morgan fingerprint density at radius 1 is 1.15 bits per heavy atom. The number of hydrogen-bond acceptors (Lipinski definition) is 4. The standard InChI is InChI=1S/C22H23N3O2/c1-27-20-15-25(14-16-8-3-2-4-9-16)22(24-21(20)26)23-19-13-7-11-17-10-5-6-12-18(17)19/h2-6,8-10,12,15,19H,7,11,13-14H2,1H3,(H,23,24,26)/t19-/m1/s1. The molecule has 1 N–H and O–H groups in total. The van der Waals surface area contributed by atoms with E-state index in [0.717, 1.165) is 24.8 Å². The van der Waals surface area contributed by atoms with Gasteiger partial charge in [-0.15, -0.1) is 0 Å². The quantitative estimate of drug-likeness (QED) is 0.751. The SMILES string of the molecule is COc1cn(Cc2ccccc2)c(N[C@@H]2CCCc3ccccc32)nc1=O. The Labute approximate surface area is 158 Å². The molecule has 1 aromatic heterocycles. The van der Waals surface area contributed by atoms with Gasteiger partial charge in [0.1, 0.15) is 0 Å². The molecule has 138 valence electrons. The highest BCUT2D eigenvalue weighted by Crippen LogP contribution is 2.32. The zero-order valence-corrected chi connectivity index (χ0v) is 15.4. The van der Waals surface area contributed by atoms with Crippen LogP contribution in [0.3, 0.4) is 0 Å². The number of benzene rings is 2. The van der Waals surface area contributed by atoms with Gasteiger partial charge in [-0.3, -0.25) is 4.79 Å². The summed E-state index contributed by atoms with van der Waals surface area (Å²) in [5.41, 5.74) is 3.44. The van der Waals surface area contributed by atoms with E-state index in [2.05, 4.69) is 46.7 Å². The van der Waals surface area contributed by atoms with Crippen LogP contribution in [0.25, 0.3) is 0 Å². The summed E-state index contributed by atoms with van der Waals surface area (Å²) in [4.78, 5) is 16.6. The molecule has 1 atom stereocenters. The Kier molecular flexibility index (Phi) is 4.92. The average molecular weight is 361 g/mol. The summed E-state index contributed by atoms with van der Waals surface area (Å²) in [5, 5.41) is 3.51. The van der Waals surface area contributed by atoms with Gasteiger partial charge in [0.15, 0.2) is 0 Å². The molecule has 2 aromatic carbocycles. The van der Waals surface area contributed by atoms with Gasteiger partial charge in [0, 0.05) is 0 Å². The van der Waals surface area contributed by atoms with E-state index in [1.807, 2.05) is 22.8 Å². The largest absolute Gasteiger partial charge is 0.490 e. The number of methoxy groups -OCH3 is 1. The van der Waals surface area contributed by atoms with Gasteiger partial charge in [0.25, 0.3) is 0 Å². The summed E-state index contributed by atoms with van der Waals surface area (Å²) >= 11 is 0. The summed E-state index contributed by atoms with van der Waals surface area (Å²) in [6.07, 6.45) is 4.97. The van der Waals surface area contributed by atoms with Crippen LogP contribution in [-0.2, 0) is 13.0 Å². The highest BCUT2D eigenvalue weighted by atomic mass is 16.5. The normalized spacial score (nSPS) is 15.8. The first-order valence-corrected chi connectivity index (χ1v) is 9.28. The predicted molar refractivity (Wildman–Crippen MR) is 106 cm³/mol. The molecule has 0 unspecified atom stereocenters. The first-order valence-electron chi connectivity index (χ1n) is 9.28. The summed E-state index contributed by atoms with van der Waals surface area (Å²) in [6.45, 7) is 0.612. The van der Waals surface area contributed by atoms with Crippen LogP contribution < -0.4 is 15.6 Å². The van der Waals surface area contributed by atoms with E-state index >= 15 is 0 Å². The van der Waals surface area contributed by atoms with Gasteiger partial charge in [0.2, 0.25) is 11.7 Å². The molecule has 0 bridgehead atoms. The van der Waals surface area contributed by atoms with Gasteiger partial charge < -0.3 is 14.6 Å².